The fraction of sp³-hybridized carbons (Fsp3) is 0.500. The molecule has 2 saturated heterocycles. The van der Waals surface area contributed by atoms with E-state index in [0.29, 0.717) is 55.2 Å². The molecule has 4 fully saturated rings. The highest BCUT2D eigenvalue weighted by molar-refractivity contribution is 6.04. The first kappa shape index (κ1) is 32.8. The Morgan fingerprint density at radius 1 is 1.04 bits per heavy atom. The Kier molecular flexibility index (Phi) is 8.39. The van der Waals surface area contributed by atoms with Gasteiger partial charge < -0.3 is 29.7 Å². The normalized spacial score (nSPS) is 24.1. The molecule has 0 spiro atoms. The maximum atomic E-state index is 17.1. The van der Waals surface area contributed by atoms with Crippen LogP contribution in [0.1, 0.15) is 56.9 Å². The minimum Gasteiger partial charge on any atom is -0.508 e. The van der Waals surface area contributed by atoms with Crippen LogP contribution < -0.4 is 19.7 Å². The topological polar surface area (TPSA) is 95.9 Å². The molecule has 4 aromatic rings. The number of methoxy groups -OCH3 is 1. The molecule has 0 radical (unpaired) electrons. The summed E-state index contributed by atoms with van der Waals surface area (Å²) in [5.74, 6) is 1.33. The number of phenols is 1. The predicted molar refractivity (Wildman–Crippen MR) is 185 cm³/mol. The Balaban J connectivity index is 1.22. The summed E-state index contributed by atoms with van der Waals surface area (Å²) in [5, 5.41) is 15.3. The third-order valence-electron chi connectivity index (χ3n) is 11.2. The van der Waals surface area contributed by atoms with Crippen LogP contribution in [0.15, 0.2) is 24.3 Å². The summed E-state index contributed by atoms with van der Waals surface area (Å²) in [6.45, 7) is 2.48. The summed E-state index contributed by atoms with van der Waals surface area (Å²) < 4.78 is 58.0. The Morgan fingerprint density at radius 3 is 2.46 bits per heavy atom. The molecule has 9 nitrogen and oxygen atoms in total. The number of terminal acetylenes is 1. The molecule has 262 valence electrons. The zero-order chi connectivity index (χ0) is 34.7. The van der Waals surface area contributed by atoms with Gasteiger partial charge in [-0.15, -0.1) is 6.42 Å². The second-order valence-electron chi connectivity index (χ2n) is 14.6. The van der Waals surface area contributed by atoms with Gasteiger partial charge >= 0.3 is 6.01 Å². The van der Waals surface area contributed by atoms with E-state index >= 15 is 4.39 Å². The number of aromatic hydroxyl groups is 1. The lowest BCUT2D eigenvalue weighted by Gasteiger charge is -2.35. The molecule has 2 saturated carbocycles. The van der Waals surface area contributed by atoms with Gasteiger partial charge in [-0.3, -0.25) is 0 Å². The SMILES string of the molecule is C#Cc1c(F)ccc2cc(O)cc(-c3nc(OC)c4c(N5CC6CCC(C5)N6)nc(OCC5(CN(C)C6CCC(F)CC6)CC5)nc4c3F)c12. The fourth-order valence-corrected chi connectivity index (χ4v) is 8.32. The third-order valence-corrected chi connectivity index (χ3v) is 11.2. The highest BCUT2D eigenvalue weighted by Gasteiger charge is 2.46. The molecule has 2 bridgehead atoms. The molecule has 4 heterocycles. The molecular weight excluding hydrogens is 645 g/mol. The number of hydrogen-bond donors (Lipinski definition) is 2. The molecule has 12 heteroatoms. The van der Waals surface area contributed by atoms with Crippen LogP contribution in [0.4, 0.5) is 19.0 Å². The van der Waals surface area contributed by atoms with Crippen LogP contribution in [0.25, 0.3) is 32.9 Å². The lowest BCUT2D eigenvalue weighted by Crippen LogP contribution is -2.51. The van der Waals surface area contributed by atoms with Gasteiger partial charge in [-0.25, -0.2) is 18.2 Å². The Labute approximate surface area is 289 Å². The average Bonchev–Trinajstić information content (AvgIpc) is 3.80. The van der Waals surface area contributed by atoms with E-state index in [-0.39, 0.29) is 62.9 Å². The number of nitrogens with zero attached hydrogens (tertiary/aromatic N) is 5. The van der Waals surface area contributed by atoms with E-state index in [0.717, 1.165) is 45.1 Å². The summed E-state index contributed by atoms with van der Waals surface area (Å²) in [6.07, 6.45) is 11.9. The van der Waals surface area contributed by atoms with Gasteiger partial charge in [0, 0.05) is 54.1 Å². The zero-order valence-electron chi connectivity index (χ0n) is 28.3. The number of halogens is 3. The number of alkyl halides is 1. The number of aromatic nitrogens is 3. The second kappa shape index (κ2) is 12.8. The summed E-state index contributed by atoms with van der Waals surface area (Å²) in [7, 11) is 3.55. The van der Waals surface area contributed by atoms with Crippen LogP contribution in [0.2, 0.25) is 0 Å². The largest absolute Gasteiger partial charge is 0.508 e. The molecule has 2 aliphatic heterocycles. The van der Waals surface area contributed by atoms with Crippen molar-refractivity contribution in [3.8, 4) is 41.2 Å². The Morgan fingerprint density at radius 2 is 1.78 bits per heavy atom. The number of anilines is 1. The molecule has 2 aliphatic carbocycles. The van der Waals surface area contributed by atoms with Crippen molar-refractivity contribution in [1.29, 1.82) is 0 Å². The van der Waals surface area contributed by atoms with Crippen molar-refractivity contribution in [2.24, 2.45) is 5.41 Å². The zero-order valence-corrected chi connectivity index (χ0v) is 28.3. The second-order valence-corrected chi connectivity index (χ2v) is 14.6. The highest BCUT2D eigenvalue weighted by atomic mass is 19.1. The van der Waals surface area contributed by atoms with E-state index in [1.54, 1.807) is 0 Å². The number of pyridine rings is 1. The fourth-order valence-electron chi connectivity index (χ4n) is 8.32. The summed E-state index contributed by atoms with van der Waals surface area (Å²) >= 11 is 0. The molecule has 2 unspecified atom stereocenters. The van der Waals surface area contributed by atoms with E-state index in [1.165, 1.54) is 31.4 Å². The number of piperazine rings is 1. The molecule has 2 aromatic heterocycles. The minimum atomic E-state index is -0.795. The van der Waals surface area contributed by atoms with E-state index in [1.807, 2.05) is 0 Å². The number of fused-ring (bicyclic) bond motifs is 4. The first-order valence-corrected chi connectivity index (χ1v) is 17.5. The van der Waals surface area contributed by atoms with E-state index in [9.17, 15) is 13.9 Å². The monoisotopic (exact) mass is 686 g/mol. The number of ether oxygens (including phenoxy) is 2. The van der Waals surface area contributed by atoms with Gasteiger partial charge in [0.25, 0.3) is 0 Å². The van der Waals surface area contributed by atoms with E-state index < -0.39 is 17.8 Å². The quantitative estimate of drug-likeness (QED) is 0.202. The smallest absolute Gasteiger partial charge is 0.319 e. The van der Waals surface area contributed by atoms with E-state index in [2.05, 4.69) is 38.1 Å². The van der Waals surface area contributed by atoms with Crippen molar-refractivity contribution >= 4 is 27.5 Å². The number of nitrogens with one attached hydrogen (secondary N) is 1. The number of benzene rings is 2. The molecule has 2 atom stereocenters. The van der Waals surface area contributed by atoms with Crippen LogP contribution in [-0.4, -0.2) is 89.7 Å². The van der Waals surface area contributed by atoms with Crippen LogP contribution in [-0.2, 0) is 0 Å². The van der Waals surface area contributed by atoms with Crippen molar-refractivity contribution in [3.05, 3.63) is 41.5 Å². The molecule has 2 N–H and O–H groups in total. The number of rotatable bonds is 9. The molecular formula is C38H41F3N6O3. The van der Waals surface area contributed by atoms with Gasteiger partial charge in [0.15, 0.2) is 5.82 Å². The average molecular weight is 687 g/mol. The Hall–Kier alpha value is -4.34. The van der Waals surface area contributed by atoms with Gasteiger partial charge in [0.05, 0.1) is 19.3 Å². The third kappa shape index (κ3) is 5.94. The van der Waals surface area contributed by atoms with Crippen molar-refractivity contribution in [1.82, 2.24) is 25.2 Å². The van der Waals surface area contributed by atoms with Crippen molar-refractivity contribution in [3.63, 3.8) is 0 Å². The molecule has 0 amide bonds. The Bertz CT molecular complexity index is 2000. The highest BCUT2D eigenvalue weighted by Crippen LogP contribution is 2.48. The molecule has 8 rings (SSSR count). The molecule has 2 aromatic carbocycles. The van der Waals surface area contributed by atoms with Gasteiger partial charge in [-0.2, -0.15) is 9.97 Å². The minimum absolute atomic E-state index is 0.0412. The first-order chi connectivity index (χ1) is 24.1. The van der Waals surface area contributed by atoms with Gasteiger partial charge in [-0.05, 0) is 82.0 Å². The predicted octanol–water partition coefficient (Wildman–Crippen LogP) is 6.13. The van der Waals surface area contributed by atoms with E-state index in [4.69, 9.17) is 20.9 Å². The summed E-state index contributed by atoms with van der Waals surface area (Å²) in [4.78, 5) is 18.6. The van der Waals surface area contributed by atoms with Crippen molar-refractivity contribution in [2.45, 2.75) is 75.7 Å². The van der Waals surface area contributed by atoms with Crippen LogP contribution in [0, 0.1) is 29.4 Å². The molecule has 4 aliphatic rings. The van der Waals surface area contributed by atoms with Crippen LogP contribution >= 0.6 is 0 Å². The first-order valence-electron chi connectivity index (χ1n) is 17.5. The van der Waals surface area contributed by atoms with Crippen LogP contribution in [0.5, 0.6) is 17.6 Å². The maximum Gasteiger partial charge on any atom is 0.319 e. The van der Waals surface area contributed by atoms with Crippen molar-refractivity contribution < 1.29 is 27.8 Å². The van der Waals surface area contributed by atoms with Crippen molar-refractivity contribution in [2.75, 3.05) is 45.3 Å². The summed E-state index contributed by atoms with van der Waals surface area (Å²) in [5.41, 5.74) is -0.313. The van der Waals surface area contributed by atoms with Gasteiger partial charge in [-0.1, -0.05) is 12.0 Å². The maximum absolute atomic E-state index is 17.1. The lowest BCUT2D eigenvalue weighted by molar-refractivity contribution is 0.104. The number of phenolic OH excluding ortho intramolecular Hbond substituents is 1. The van der Waals surface area contributed by atoms with Gasteiger partial charge in [0.1, 0.15) is 40.2 Å². The molecule has 50 heavy (non-hydrogen) atoms. The lowest BCUT2D eigenvalue weighted by atomic mass is 9.92. The van der Waals surface area contributed by atoms with Gasteiger partial charge in [0.2, 0.25) is 5.88 Å². The summed E-state index contributed by atoms with van der Waals surface area (Å²) in [6, 6.07) is 6.37. The standard InChI is InChI=1S/C38H41F3N6O3/c1-4-27-29(40)12-5-21-15-26(48)16-28(30(21)27)33-32(41)34-31(36(43-33)49-3)35(47-17-23-8-9-24(18-47)42-23)45-37(44-34)50-20-38(13-14-38)19-46(2)25-10-6-22(39)7-11-25/h1,5,12,15-16,22-25,42,48H,6-11,13-14,17-20H2,2-3H3. The number of hydrogen-bond acceptors (Lipinski definition) is 9. The van der Waals surface area contributed by atoms with Crippen LogP contribution in [0.3, 0.4) is 0 Å².